The van der Waals surface area contributed by atoms with E-state index in [4.69, 9.17) is 14.9 Å². The minimum Gasteiger partial charge on any atom is -0.487 e. The normalized spacial score (nSPS) is 19.1. The first-order valence-corrected chi connectivity index (χ1v) is 7.15. The number of hydrogen-bond donors (Lipinski definition) is 2. The smallest absolute Gasteiger partial charge is 0.289 e. The quantitative estimate of drug-likeness (QED) is 0.832. The lowest BCUT2D eigenvalue weighted by atomic mass is 9.89. The third-order valence-electron chi connectivity index (χ3n) is 3.75. The van der Waals surface area contributed by atoms with Gasteiger partial charge in [0.05, 0.1) is 11.7 Å². The first kappa shape index (κ1) is 14.4. The van der Waals surface area contributed by atoms with Crippen LogP contribution in [0.25, 0.3) is 0 Å². The van der Waals surface area contributed by atoms with Gasteiger partial charge in [-0.15, -0.1) is 0 Å². The standard InChI is InChI=1S/C16H19N3O3/c1-9-14(21-8-18-9)15(20)19-12-7-16(2,3)22-13-5-4-10(17)6-11(12)13/h4-6,8,12H,7,17H2,1-3H3,(H,19,20). The van der Waals surface area contributed by atoms with E-state index >= 15 is 0 Å². The lowest BCUT2D eigenvalue weighted by Crippen LogP contribution is -2.41. The Hall–Kier alpha value is -2.50. The maximum atomic E-state index is 12.4. The van der Waals surface area contributed by atoms with Gasteiger partial charge < -0.3 is 20.2 Å². The summed E-state index contributed by atoms with van der Waals surface area (Å²) in [5.74, 6) is 0.686. The highest BCUT2D eigenvalue weighted by Crippen LogP contribution is 2.40. The molecule has 3 rings (SSSR count). The molecule has 0 fully saturated rings. The highest BCUT2D eigenvalue weighted by Gasteiger charge is 2.35. The number of aryl methyl sites for hydroxylation is 1. The van der Waals surface area contributed by atoms with Crippen molar-refractivity contribution >= 4 is 11.6 Å². The first-order valence-electron chi connectivity index (χ1n) is 7.15. The number of fused-ring (bicyclic) bond motifs is 1. The minimum absolute atomic E-state index is 0.195. The maximum Gasteiger partial charge on any atom is 0.289 e. The Balaban J connectivity index is 1.92. The van der Waals surface area contributed by atoms with Crippen molar-refractivity contribution in [2.24, 2.45) is 0 Å². The van der Waals surface area contributed by atoms with Crippen molar-refractivity contribution in [3.8, 4) is 5.75 Å². The van der Waals surface area contributed by atoms with Gasteiger partial charge in [-0.25, -0.2) is 4.98 Å². The number of rotatable bonds is 2. The zero-order valence-corrected chi connectivity index (χ0v) is 12.8. The molecule has 0 saturated heterocycles. The Morgan fingerprint density at radius 1 is 1.45 bits per heavy atom. The number of carbonyl (C=O) groups is 1. The van der Waals surface area contributed by atoms with Crippen molar-refractivity contribution in [1.29, 1.82) is 0 Å². The molecule has 1 atom stereocenters. The fourth-order valence-electron chi connectivity index (χ4n) is 2.75. The molecule has 3 N–H and O–H groups in total. The second-order valence-electron chi connectivity index (χ2n) is 6.16. The van der Waals surface area contributed by atoms with Crippen LogP contribution < -0.4 is 15.8 Å². The number of oxazole rings is 1. The molecular weight excluding hydrogens is 282 g/mol. The van der Waals surface area contributed by atoms with Crippen LogP contribution in [-0.4, -0.2) is 16.5 Å². The molecule has 0 saturated carbocycles. The van der Waals surface area contributed by atoms with Crippen molar-refractivity contribution in [3.63, 3.8) is 0 Å². The van der Waals surface area contributed by atoms with Crippen LogP contribution in [0, 0.1) is 6.92 Å². The van der Waals surface area contributed by atoms with Gasteiger partial charge in [-0.05, 0) is 39.0 Å². The van der Waals surface area contributed by atoms with Gasteiger partial charge in [0, 0.05) is 17.7 Å². The SMILES string of the molecule is Cc1ncoc1C(=O)NC1CC(C)(C)Oc2ccc(N)cc21. The van der Waals surface area contributed by atoms with E-state index in [9.17, 15) is 4.79 Å². The van der Waals surface area contributed by atoms with Crippen molar-refractivity contribution in [3.05, 3.63) is 41.6 Å². The van der Waals surface area contributed by atoms with Gasteiger partial charge in [0.2, 0.25) is 5.76 Å². The number of hydrogen-bond acceptors (Lipinski definition) is 5. The molecule has 2 heterocycles. The summed E-state index contributed by atoms with van der Waals surface area (Å²) in [6.45, 7) is 5.72. The number of nitrogens with two attached hydrogens (primary N) is 1. The summed E-state index contributed by atoms with van der Waals surface area (Å²) < 4.78 is 11.1. The fraction of sp³-hybridized carbons (Fsp3) is 0.375. The average molecular weight is 301 g/mol. The van der Waals surface area contributed by atoms with E-state index in [0.717, 1.165) is 11.3 Å². The van der Waals surface area contributed by atoms with Crippen LogP contribution in [0.4, 0.5) is 5.69 Å². The summed E-state index contributed by atoms with van der Waals surface area (Å²) in [7, 11) is 0. The Bertz CT molecular complexity index is 721. The number of carbonyl (C=O) groups excluding carboxylic acids is 1. The second kappa shape index (κ2) is 5.05. The third-order valence-corrected chi connectivity index (χ3v) is 3.75. The van der Waals surface area contributed by atoms with Gasteiger partial charge in [-0.2, -0.15) is 0 Å². The van der Waals surface area contributed by atoms with Gasteiger partial charge in [0.1, 0.15) is 11.4 Å². The minimum atomic E-state index is -0.377. The molecule has 6 nitrogen and oxygen atoms in total. The van der Waals surface area contributed by atoms with Crippen molar-refractivity contribution in [2.45, 2.75) is 38.8 Å². The predicted octanol–water partition coefficient (Wildman–Crippen LogP) is 2.60. The molecular formula is C16H19N3O3. The van der Waals surface area contributed by atoms with E-state index in [0.29, 0.717) is 17.8 Å². The molecule has 1 aromatic heterocycles. The van der Waals surface area contributed by atoms with Crippen LogP contribution in [0.1, 0.15) is 48.1 Å². The molecule has 1 aliphatic heterocycles. The summed E-state index contributed by atoms with van der Waals surface area (Å²) in [5.41, 5.74) is 7.57. The topological polar surface area (TPSA) is 90.4 Å². The molecule has 116 valence electrons. The summed E-state index contributed by atoms with van der Waals surface area (Å²) >= 11 is 0. The molecule has 0 bridgehead atoms. The van der Waals surface area contributed by atoms with Crippen LogP contribution in [-0.2, 0) is 0 Å². The van der Waals surface area contributed by atoms with E-state index in [1.165, 1.54) is 6.39 Å². The van der Waals surface area contributed by atoms with Gasteiger partial charge in [0.25, 0.3) is 5.91 Å². The molecule has 6 heteroatoms. The van der Waals surface area contributed by atoms with Gasteiger partial charge in [-0.3, -0.25) is 4.79 Å². The first-order chi connectivity index (χ1) is 10.4. The number of nitrogen functional groups attached to an aromatic ring is 1. The molecule has 1 aliphatic rings. The van der Waals surface area contributed by atoms with Crippen molar-refractivity contribution in [1.82, 2.24) is 10.3 Å². The largest absolute Gasteiger partial charge is 0.487 e. The molecule has 0 radical (unpaired) electrons. The van der Waals surface area contributed by atoms with Crippen molar-refractivity contribution in [2.75, 3.05) is 5.73 Å². The third kappa shape index (κ3) is 2.64. The van der Waals surface area contributed by atoms with Gasteiger partial charge in [-0.1, -0.05) is 0 Å². The van der Waals surface area contributed by atoms with Crippen LogP contribution in [0.15, 0.2) is 29.0 Å². The molecule has 22 heavy (non-hydrogen) atoms. The Morgan fingerprint density at radius 3 is 2.91 bits per heavy atom. The number of nitrogens with zero attached hydrogens (tertiary/aromatic N) is 1. The van der Waals surface area contributed by atoms with Gasteiger partial charge >= 0.3 is 0 Å². The highest BCUT2D eigenvalue weighted by atomic mass is 16.5. The van der Waals surface area contributed by atoms with Gasteiger partial charge in [0.15, 0.2) is 6.39 Å². The summed E-state index contributed by atoms with van der Waals surface area (Å²) in [4.78, 5) is 16.3. The Kier molecular flexibility index (Phi) is 3.31. The molecule has 0 aliphatic carbocycles. The molecule has 1 aromatic carbocycles. The predicted molar refractivity (Wildman–Crippen MR) is 81.6 cm³/mol. The second-order valence-corrected chi connectivity index (χ2v) is 6.16. The van der Waals surface area contributed by atoms with Crippen LogP contribution in [0.5, 0.6) is 5.75 Å². The number of aromatic nitrogens is 1. The van der Waals surface area contributed by atoms with Crippen molar-refractivity contribution < 1.29 is 13.9 Å². The van der Waals surface area contributed by atoms with Crippen LogP contribution in [0.3, 0.4) is 0 Å². The summed E-state index contributed by atoms with van der Waals surface area (Å²) in [5, 5.41) is 2.99. The van der Waals surface area contributed by atoms with Crippen LogP contribution >= 0.6 is 0 Å². The van der Waals surface area contributed by atoms with E-state index in [1.54, 1.807) is 13.0 Å². The molecule has 0 spiro atoms. The molecule has 2 aromatic rings. The molecule has 1 unspecified atom stereocenters. The highest BCUT2D eigenvalue weighted by molar-refractivity contribution is 5.92. The number of nitrogens with one attached hydrogen (secondary N) is 1. The number of anilines is 1. The van der Waals surface area contributed by atoms with E-state index in [-0.39, 0.29) is 23.3 Å². The zero-order chi connectivity index (χ0) is 15.9. The number of benzene rings is 1. The van der Waals surface area contributed by atoms with E-state index in [1.807, 2.05) is 26.0 Å². The van der Waals surface area contributed by atoms with E-state index < -0.39 is 0 Å². The average Bonchev–Trinajstić information content (AvgIpc) is 2.85. The van der Waals surface area contributed by atoms with Crippen LogP contribution in [0.2, 0.25) is 0 Å². The monoisotopic (exact) mass is 301 g/mol. The number of amides is 1. The van der Waals surface area contributed by atoms with E-state index in [2.05, 4.69) is 10.3 Å². The Labute approximate surface area is 128 Å². The molecule has 1 amide bonds. The summed E-state index contributed by atoms with van der Waals surface area (Å²) in [6, 6.07) is 5.27. The lowest BCUT2D eigenvalue weighted by Gasteiger charge is -2.37. The zero-order valence-electron chi connectivity index (χ0n) is 12.8. The summed E-state index contributed by atoms with van der Waals surface area (Å²) in [6.07, 6.45) is 1.91. The maximum absolute atomic E-state index is 12.4. The number of ether oxygens (including phenoxy) is 1. The Morgan fingerprint density at radius 2 is 2.23 bits per heavy atom. The fourth-order valence-corrected chi connectivity index (χ4v) is 2.75. The lowest BCUT2D eigenvalue weighted by molar-refractivity contribution is 0.0611.